The first-order chi connectivity index (χ1) is 9.70. The molecule has 1 aliphatic rings. The number of morpholine rings is 1. The van der Waals surface area contributed by atoms with Crippen LogP contribution in [0.5, 0.6) is 5.75 Å². The quantitative estimate of drug-likeness (QED) is 0.792. The Morgan fingerprint density at radius 3 is 2.75 bits per heavy atom. The molecule has 0 saturated carbocycles. The fourth-order valence-electron chi connectivity index (χ4n) is 2.40. The molecule has 1 saturated heterocycles. The zero-order valence-corrected chi connectivity index (χ0v) is 12.4. The van der Waals surface area contributed by atoms with E-state index in [0.717, 1.165) is 56.1 Å². The number of ketones is 1. The van der Waals surface area contributed by atoms with Crippen molar-refractivity contribution in [3.63, 3.8) is 0 Å². The van der Waals surface area contributed by atoms with Gasteiger partial charge in [0.25, 0.3) is 0 Å². The summed E-state index contributed by atoms with van der Waals surface area (Å²) in [6.45, 7) is 8.95. The maximum Gasteiger partial charge on any atom is 0.159 e. The normalized spacial score (nSPS) is 16.1. The highest BCUT2D eigenvalue weighted by Gasteiger charge is 2.17. The monoisotopic (exact) mass is 278 g/mol. The Hall–Kier alpha value is -1.39. The van der Waals surface area contributed by atoms with Crippen molar-refractivity contribution < 1.29 is 19.2 Å². The largest absolute Gasteiger partial charge is 0.493 e. The first-order valence-electron chi connectivity index (χ1n) is 7.38. The molecular weight excluding hydrogens is 254 g/mol. The third kappa shape index (κ3) is 4.05. The SMILES string of the molecule is CCCOc1ccc(C(C)=O)cc1C[NH+]1CCOCC1. The number of quaternary nitrogens is 1. The van der Waals surface area contributed by atoms with Gasteiger partial charge in [-0.15, -0.1) is 0 Å². The van der Waals surface area contributed by atoms with E-state index in [0.29, 0.717) is 6.61 Å². The smallest absolute Gasteiger partial charge is 0.159 e. The lowest BCUT2D eigenvalue weighted by Gasteiger charge is -2.24. The van der Waals surface area contributed by atoms with E-state index < -0.39 is 0 Å². The molecule has 1 aromatic carbocycles. The van der Waals surface area contributed by atoms with E-state index in [1.54, 1.807) is 6.92 Å². The predicted octanol–water partition coefficient (Wildman–Crippen LogP) is 1.09. The van der Waals surface area contributed by atoms with Gasteiger partial charge in [0.05, 0.1) is 19.8 Å². The lowest BCUT2D eigenvalue weighted by atomic mass is 10.1. The highest BCUT2D eigenvalue weighted by Crippen LogP contribution is 2.20. The summed E-state index contributed by atoms with van der Waals surface area (Å²) < 4.78 is 11.2. The van der Waals surface area contributed by atoms with Crippen LogP contribution < -0.4 is 9.64 Å². The number of carbonyl (C=O) groups excluding carboxylic acids is 1. The molecule has 0 radical (unpaired) electrons. The second kappa shape index (κ2) is 7.41. The van der Waals surface area contributed by atoms with E-state index in [9.17, 15) is 4.79 Å². The second-order valence-electron chi connectivity index (χ2n) is 5.27. The highest BCUT2D eigenvalue weighted by molar-refractivity contribution is 5.94. The number of nitrogens with one attached hydrogen (secondary N) is 1. The molecule has 1 heterocycles. The van der Waals surface area contributed by atoms with Gasteiger partial charge < -0.3 is 14.4 Å². The summed E-state index contributed by atoms with van der Waals surface area (Å²) >= 11 is 0. The van der Waals surface area contributed by atoms with Gasteiger partial charge in [0.2, 0.25) is 0 Å². The minimum atomic E-state index is 0.102. The summed E-state index contributed by atoms with van der Waals surface area (Å²) in [5, 5.41) is 0. The summed E-state index contributed by atoms with van der Waals surface area (Å²) in [7, 11) is 0. The van der Waals surface area contributed by atoms with Gasteiger partial charge in [-0.05, 0) is 31.5 Å². The zero-order valence-electron chi connectivity index (χ0n) is 12.4. The molecule has 20 heavy (non-hydrogen) atoms. The van der Waals surface area contributed by atoms with Crippen LogP contribution in [-0.2, 0) is 11.3 Å². The summed E-state index contributed by atoms with van der Waals surface area (Å²) in [4.78, 5) is 13.0. The molecular formula is C16H24NO3+. The zero-order chi connectivity index (χ0) is 14.4. The van der Waals surface area contributed by atoms with Gasteiger partial charge in [0, 0.05) is 11.1 Å². The molecule has 0 amide bonds. The summed E-state index contributed by atoms with van der Waals surface area (Å²) in [5.74, 6) is 1.01. The molecule has 1 aliphatic heterocycles. The van der Waals surface area contributed by atoms with Crippen molar-refractivity contribution in [2.75, 3.05) is 32.9 Å². The van der Waals surface area contributed by atoms with E-state index in [1.807, 2.05) is 18.2 Å². The van der Waals surface area contributed by atoms with E-state index in [4.69, 9.17) is 9.47 Å². The van der Waals surface area contributed by atoms with Crippen LogP contribution in [0.4, 0.5) is 0 Å². The minimum Gasteiger partial charge on any atom is -0.493 e. The fourth-order valence-corrected chi connectivity index (χ4v) is 2.40. The predicted molar refractivity (Wildman–Crippen MR) is 77.5 cm³/mol. The average Bonchev–Trinajstić information content (AvgIpc) is 2.47. The number of Topliss-reactive ketones (excluding diaryl/α,β-unsaturated/α-hetero) is 1. The maximum atomic E-state index is 11.5. The molecule has 1 N–H and O–H groups in total. The maximum absolute atomic E-state index is 11.5. The van der Waals surface area contributed by atoms with E-state index in [1.165, 1.54) is 4.90 Å². The molecule has 1 aromatic rings. The Bertz CT molecular complexity index is 453. The number of rotatable bonds is 6. The van der Waals surface area contributed by atoms with Crippen LogP contribution in [0.1, 0.15) is 36.2 Å². The van der Waals surface area contributed by atoms with Gasteiger partial charge in [-0.2, -0.15) is 0 Å². The topological polar surface area (TPSA) is 40.0 Å². The second-order valence-corrected chi connectivity index (χ2v) is 5.27. The van der Waals surface area contributed by atoms with Crippen LogP contribution in [0, 0.1) is 0 Å². The average molecular weight is 278 g/mol. The molecule has 0 spiro atoms. The van der Waals surface area contributed by atoms with Crippen LogP contribution in [0.25, 0.3) is 0 Å². The van der Waals surface area contributed by atoms with Gasteiger partial charge >= 0.3 is 0 Å². The van der Waals surface area contributed by atoms with Crippen LogP contribution in [0.3, 0.4) is 0 Å². The van der Waals surface area contributed by atoms with E-state index in [-0.39, 0.29) is 5.78 Å². The molecule has 0 unspecified atom stereocenters. The molecule has 0 aliphatic carbocycles. The van der Waals surface area contributed by atoms with Crippen LogP contribution in [0.15, 0.2) is 18.2 Å². The Labute approximate surface area is 120 Å². The third-order valence-electron chi connectivity index (χ3n) is 3.57. The molecule has 4 heteroatoms. The van der Waals surface area contributed by atoms with Crippen molar-refractivity contribution >= 4 is 5.78 Å². The van der Waals surface area contributed by atoms with Gasteiger partial charge in [0.15, 0.2) is 5.78 Å². The molecule has 110 valence electrons. The Morgan fingerprint density at radius 2 is 2.10 bits per heavy atom. The van der Waals surface area contributed by atoms with Gasteiger partial charge in [-0.25, -0.2) is 0 Å². The number of hydrogen-bond acceptors (Lipinski definition) is 3. The van der Waals surface area contributed by atoms with Crippen molar-refractivity contribution in [1.29, 1.82) is 0 Å². The van der Waals surface area contributed by atoms with Gasteiger partial charge in [-0.3, -0.25) is 4.79 Å². The minimum absolute atomic E-state index is 0.102. The number of carbonyl (C=O) groups is 1. The van der Waals surface area contributed by atoms with Crippen LogP contribution >= 0.6 is 0 Å². The first kappa shape index (κ1) is 15.0. The van der Waals surface area contributed by atoms with E-state index in [2.05, 4.69) is 6.92 Å². The number of ether oxygens (including phenoxy) is 2. The molecule has 0 aromatic heterocycles. The van der Waals surface area contributed by atoms with Gasteiger partial charge in [0.1, 0.15) is 25.4 Å². The Kier molecular flexibility index (Phi) is 5.56. The molecule has 0 atom stereocenters. The third-order valence-corrected chi connectivity index (χ3v) is 3.57. The molecule has 4 nitrogen and oxygen atoms in total. The van der Waals surface area contributed by atoms with E-state index >= 15 is 0 Å². The van der Waals surface area contributed by atoms with Crippen molar-refractivity contribution in [1.82, 2.24) is 0 Å². The summed E-state index contributed by atoms with van der Waals surface area (Å²) in [5.41, 5.74) is 1.89. The van der Waals surface area contributed by atoms with Crippen LogP contribution in [-0.4, -0.2) is 38.7 Å². The fraction of sp³-hybridized carbons (Fsp3) is 0.562. The van der Waals surface area contributed by atoms with Crippen molar-refractivity contribution in [3.8, 4) is 5.75 Å². The van der Waals surface area contributed by atoms with Gasteiger partial charge in [-0.1, -0.05) is 6.92 Å². The highest BCUT2D eigenvalue weighted by atomic mass is 16.5. The summed E-state index contributed by atoms with van der Waals surface area (Å²) in [6, 6.07) is 5.77. The van der Waals surface area contributed by atoms with Crippen LogP contribution in [0.2, 0.25) is 0 Å². The number of benzene rings is 1. The lowest BCUT2D eigenvalue weighted by molar-refractivity contribution is -0.921. The van der Waals surface area contributed by atoms with Crippen molar-refractivity contribution in [3.05, 3.63) is 29.3 Å². The number of hydrogen-bond donors (Lipinski definition) is 1. The van der Waals surface area contributed by atoms with Crippen molar-refractivity contribution in [2.24, 2.45) is 0 Å². The Balaban J connectivity index is 2.16. The standard InChI is InChI=1S/C16H23NO3/c1-3-8-20-16-5-4-14(13(2)18)11-15(16)12-17-6-9-19-10-7-17/h4-5,11H,3,6-10,12H2,1-2H3/p+1. The molecule has 1 fully saturated rings. The lowest BCUT2D eigenvalue weighted by Crippen LogP contribution is -3.12. The first-order valence-corrected chi connectivity index (χ1v) is 7.38. The molecule has 0 bridgehead atoms. The molecule has 2 rings (SSSR count). The van der Waals surface area contributed by atoms with Crippen molar-refractivity contribution in [2.45, 2.75) is 26.8 Å². The summed E-state index contributed by atoms with van der Waals surface area (Å²) in [6.07, 6.45) is 0.984. The Morgan fingerprint density at radius 1 is 1.35 bits per heavy atom.